The van der Waals surface area contributed by atoms with Gasteiger partial charge in [-0.25, -0.2) is 18.9 Å². The van der Waals surface area contributed by atoms with Crippen LogP contribution in [0.3, 0.4) is 0 Å². The van der Waals surface area contributed by atoms with E-state index in [1.807, 2.05) is 18.2 Å². The summed E-state index contributed by atoms with van der Waals surface area (Å²) in [6.45, 7) is 0.667. The molecule has 5 aromatic rings. The van der Waals surface area contributed by atoms with Crippen LogP contribution >= 0.6 is 0 Å². The first-order valence-electron chi connectivity index (χ1n) is 10.8. The van der Waals surface area contributed by atoms with Gasteiger partial charge in [0.15, 0.2) is 17.2 Å². The van der Waals surface area contributed by atoms with Gasteiger partial charge in [0.1, 0.15) is 17.8 Å². The van der Waals surface area contributed by atoms with Crippen molar-refractivity contribution in [3.8, 4) is 5.69 Å². The number of nitrogens with zero attached hydrogens (tertiary/aromatic N) is 6. The predicted octanol–water partition coefficient (Wildman–Crippen LogP) is 2.97. The minimum absolute atomic E-state index is 0.101. The highest BCUT2D eigenvalue weighted by Gasteiger charge is 2.34. The lowest BCUT2D eigenvalue weighted by Gasteiger charge is -2.27. The Labute approximate surface area is 195 Å². The topological polar surface area (TPSA) is 101 Å². The van der Waals surface area contributed by atoms with Crippen LogP contribution in [0.25, 0.3) is 22.2 Å². The van der Waals surface area contributed by atoms with Crippen molar-refractivity contribution in [2.75, 3.05) is 17.7 Å². The first kappa shape index (κ1) is 20.7. The molecule has 0 unspecified atom stereocenters. The second-order valence-electron chi connectivity index (χ2n) is 8.17. The molecule has 0 radical (unpaired) electrons. The zero-order chi connectivity index (χ0) is 23.4. The van der Waals surface area contributed by atoms with Crippen molar-refractivity contribution >= 4 is 33.2 Å². The normalized spacial score (nSPS) is 17.1. The van der Waals surface area contributed by atoms with Crippen molar-refractivity contribution in [1.82, 2.24) is 29.1 Å². The van der Waals surface area contributed by atoms with E-state index in [0.29, 0.717) is 39.8 Å². The van der Waals surface area contributed by atoms with Crippen LogP contribution in [-0.2, 0) is 10.8 Å². The van der Waals surface area contributed by atoms with Crippen LogP contribution in [0.5, 0.6) is 0 Å². The van der Waals surface area contributed by atoms with E-state index in [0.717, 1.165) is 12.8 Å². The fourth-order valence-corrected chi connectivity index (χ4v) is 5.44. The van der Waals surface area contributed by atoms with Crippen molar-refractivity contribution in [2.24, 2.45) is 0 Å². The molecule has 0 spiro atoms. The van der Waals surface area contributed by atoms with Crippen LogP contribution in [0.4, 0.5) is 10.2 Å². The minimum Gasteiger partial charge on any atom is -0.346 e. The number of anilines is 1. The number of hydrogen-bond acceptors (Lipinski definition) is 6. The van der Waals surface area contributed by atoms with Gasteiger partial charge in [-0.1, -0.05) is 18.2 Å². The van der Waals surface area contributed by atoms with Crippen molar-refractivity contribution in [3.05, 3.63) is 77.1 Å². The van der Waals surface area contributed by atoms with Crippen LogP contribution in [0.2, 0.25) is 0 Å². The van der Waals surface area contributed by atoms with Crippen molar-refractivity contribution < 1.29 is 8.60 Å². The van der Waals surface area contributed by atoms with Gasteiger partial charge in [-0.3, -0.25) is 13.6 Å². The van der Waals surface area contributed by atoms with Gasteiger partial charge in [0.2, 0.25) is 0 Å². The van der Waals surface area contributed by atoms with Gasteiger partial charge in [0, 0.05) is 25.2 Å². The largest absolute Gasteiger partial charge is 0.346 e. The molecule has 0 amide bonds. The maximum Gasteiger partial charge on any atom is 0.285 e. The van der Waals surface area contributed by atoms with Crippen LogP contribution in [0.1, 0.15) is 24.7 Å². The molecule has 1 fully saturated rings. The standard InChI is InChI=1S/C23H20FN7O2S/c1-34(33)17-12-25-20-18(17)22(27-13-26-20)29-10-5-8-16(29)21-28-30-11-9-15(24)19(30)23(32)31(21)14-6-3-2-4-7-14/h2-4,6-7,9,11-13,16H,5,8,10H2,1H3,(H,25,26,27)/t16-,34-/m0/s1. The maximum atomic E-state index is 14.5. The number of fused-ring (bicyclic) bond motifs is 2. The fraction of sp³-hybridized carbons (Fsp3) is 0.217. The zero-order valence-corrected chi connectivity index (χ0v) is 19.0. The third-order valence-electron chi connectivity index (χ3n) is 6.22. The zero-order valence-electron chi connectivity index (χ0n) is 18.2. The molecule has 1 saturated heterocycles. The molecule has 0 saturated carbocycles. The summed E-state index contributed by atoms with van der Waals surface area (Å²) in [5.74, 6) is 0.502. The van der Waals surface area contributed by atoms with E-state index in [9.17, 15) is 13.4 Å². The summed E-state index contributed by atoms with van der Waals surface area (Å²) in [5, 5.41) is 5.39. The summed E-state index contributed by atoms with van der Waals surface area (Å²) < 4.78 is 29.7. The second-order valence-corrected chi connectivity index (χ2v) is 9.52. The van der Waals surface area contributed by atoms with Gasteiger partial charge >= 0.3 is 0 Å². The van der Waals surface area contributed by atoms with Crippen LogP contribution in [0, 0.1) is 5.82 Å². The number of aromatic amines is 1. The second kappa shape index (κ2) is 7.87. The van der Waals surface area contributed by atoms with Gasteiger partial charge in [-0.05, 0) is 31.0 Å². The summed E-state index contributed by atoms with van der Waals surface area (Å²) in [6, 6.07) is 10.0. The molecular formula is C23H20FN7O2S. The Bertz CT molecular complexity index is 1630. The molecule has 1 aliphatic rings. The molecule has 172 valence electrons. The van der Waals surface area contributed by atoms with Gasteiger partial charge in [-0.2, -0.15) is 5.10 Å². The number of nitrogens with one attached hydrogen (secondary N) is 1. The number of benzene rings is 1. The summed E-state index contributed by atoms with van der Waals surface area (Å²) in [4.78, 5) is 28.1. The first-order valence-corrected chi connectivity index (χ1v) is 12.4. The Morgan fingerprint density at radius 1 is 1.18 bits per heavy atom. The third-order valence-corrected chi connectivity index (χ3v) is 7.16. The molecule has 1 N–H and O–H groups in total. The highest BCUT2D eigenvalue weighted by Crippen LogP contribution is 2.39. The maximum absolute atomic E-state index is 14.5. The van der Waals surface area contributed by atoms with Gasteiger partial charge in [-0.15, -0.1) is 0 Å². The number of halogens is 1. The van der Waals surface area contributed by atoms with Crippen LogP contribution in [0.15, 0.2) is 64.8 Å². The monoisotopic (exact) mass is 477 g/mol. The Kier molecular flexibility index (Phi) is 4.80. The SMILES string of the molecule is C[S@](=O)c1c[nH]c2ncnc(N3CCC[C@H]3c3nn4ccc(F)c4c(=O)n3-c3ccccc3)c12. The fourth-order valence-electron chi connectivity index (χ4n) is 4.74. The van der Waals surface area contributed by atoms with E-state index in [-0.39, 0.29) is 11.6 Å². The van der Waals surface area contributed by atoms with Gasteiger partial charge in [0.25, 0.3) is 5.56 Å². The number of hydrogen-bond donors (Lipinski definition) is 1. The highest BCUT2D eigenvalue weighted by atomic mass is 32.2. The molecular weight excluding hydrogens is 457 g/mol. The average Bonchev–Trinajstić information content (AvgIpc) is 3.57. The van der Waals surface area contributed by atoms with Crippen molar-refractivity contribution in [2.45, 2.75) is 23.8 Å². The molecule has 5 heterocycles. The van der Waals surface area contributed by atoms with E-state index in [1.54, 1.807) is 24.6 Å². The number of aromatic nitrogens is 6. The molecule has 0 bridgehead atoms. The van der Waals surface area contributed by atoms with Crippen LogP contribution < -0.4 is 10.5 Å². The Morgan fingerprint density at radius 2 is 2.00 bits per heavy atom. The molecule has 1 aliphatic heterocycles. The number of rotatable bonds is 4. The van der Waals surface area contributed by atoms with Crippen LogP contribution in [-0.4, -0.2) is 46.1 Å². The number of H-pyrrole nitrogens is 1. The van der Waals surface area contributed by atoms with E-state index >= 15 is 0 Å². The summed E-state index contributed by atoms with van der Waals surface area (Å²) >= 11 is 0. The quantitative estimate of drug-likeness (QED) is 0.427. The molecule has 2 atom stereocenters. The molecule has 1 aromatic carbocycles. The molecule has 9 nitrogen and oxygen atoms in total. The molecule has 0 aliphatic carbocycles. The Hall–Kier alpha value is -3.86. The lowest BCUT2D eigenvalue weighted by atomic mass is 10.2. The summed E-state index contributed by atoms with van der Waals surface area (Å²) in [6.07, 6.45) is 7.79. The third kappa shape index (κ3) is 3.07. The highest BCUT2D eigenvalue weighted by molar-refractivity contribution is 7.84. The smallest absolute Gasteiger partial charge is 0.285 e. The average molecular weight is 478 g/mol. The predicted molar refractivity (Wildman–Crippen MR) is 126 cm³/mol. The Morgan fingerprint density at radius 3 is 2.79 bits per heavy atom. The van der Waals surface area contributed by atoms with Crippen molar-refractivity contribution in [1.29, 1.82) is 0 Å². The lowest BCUT2D eigenvalue weighted by Crippen LogP contribution is -2.33. The summed E-state index contributed by atoms with van der Waals surface area (Å²) in [5.41, 5.74) is 0.623. The van der Waals surface area contributed by atoms with E-state index in [1.165, 1.54) is 27.7 Å². The van der Waals surface area contributed by atoms with E-state index < -0.39 is 22.2 Å². The molecule has 6 rings (SSSR count). The first-order chi connectivity index (χ1) is 16.5. The molecule has 34 heavy (non-hydrogen) atoms. The van der Waals surface area contributed by atoms with E-state index in [2.05, 4.69) is 19.9 Å². The summed E-state index contributed by atoms with van der Waals surface area (Å²) in [7, 11) is -1.25. The number of para-hydroxylation sites is 1. The Balaban J connectivity index is 1.60. The minimum atomic E-state index is -1.25. The van der Waals surface area contributed by atoms with E-state index in [4.69, 9.17) is 5.10 Å². The van der Waals surface area contributed by atoms with Gasteiger partial charge < -0.3 is 9.88 Å². The lowest BCUT2D eigenvalue weighted by molar-refractivity contribution is 0.593. The molecule has 11 heteroatoms. The van der Waals surface area contributed by atoms with Crippen molar-refractivity contribution in [3.63, 3.8) is 0 Å². The van der Waals surface area contributed by atoms with Gasteiger partial charge in [0.05, 0.1) is 32.8 Å². The molecule has 4 aromatic heterocycles.